The van der Waals surface area contributed by atoms with Crippen molar-refractivity contribution in [2.45, 2.75) is 64.8 Å². The third-order valence-corrected chi connectivity index (χ3v) is 6.44. The number of benzene rings is 1. The van der Waals surface area contributed by atoms with Gasteiger partial charge in [0.2, 0.25) is 0 Å². The summed E-state index contributed by atoms with van der Waals surface area (Å²) < 4.78 is 11.6. The molecule has 2 rings (SSSR count). The predicted octanol–water partition coefficient (Wildman–Crippen LogP) is 4.95. The van der Waals surface area contributed by atoms with E-state index in [4.69, 9.17) is 26.8 Å². The van der Waals surface area contributed by atoms with Gasteiger partial charge in [0.1, 0.15) is 10.4 Å². The second-order valence-electron chi connectivity index (χ2n) is 7.76. The molecule has 0 aliphatic carbocycles. The normalized spacial score (nSPS) is 15.6. The molecule has 1 aliphatic heterocycles. The van der Waals surface area contributed by atoms with E-state index in [2.05, 4.69) is 6.92 Å². The standard InChI is InChI=1S/C24H31NO7S2/c1-3-5-6-7-8-9-12-32-18-11-10-16(13-19(18)31-4-2)14-20-22(28)25(24(33)34-20)17(23(29)30)15-21(26)27/h10-11,13-14,17H,3-9,12,15H2,1-2H3,(H,26,27)(H,29,30)/b20-14+/t17-/m0/s1. The average molecular weight is 510 g/mol. The number of unbranched alkanes of at least 4 members (excludes halogenated alkanes) is 5. The number of carboxylic acid groups (broad SMARTS) is 2. The molecule has 1 aromatic rings. The van der Waals surface area contributed by atoms with E-state index in [1.54, 1.807) is 24.3 Å². The second kappa shape index (κ2) is 14.0. The van der Waals surface area contributed by atoms with Gasteiger partial charge < -0.3 is 19.7 Å². The molecular formula is C24H31NO7S2. The number of ether oxygens (including phenoxy) is 2. The fraction of sp³-hybridized carbons (Fsp3) is 0.500. The van der Waals surface area contributed by atoms with Gasteiger partial charge in [-0.15, -0.1) is 0 Å². The van der Waals surface area contributed by atoms with Gasteiger partial charge in [-0.25, -0.2) is 4.79 Å². The lowest BCUT2D eigenvalue weighted by Gasteiger charge is -2.21. The van der Waals surface area contributed by atoms with Crippen LogP contribution in [0.2, 0.25) is 0 Å². The molecule has 10 heteroatoms. The van der Waals surface area contributed by atoms with Crippen LogP contribution < -0.4 is 9.47 Å². The molecule has 8 nitrogen and oxygen atoms in total. The number of hydrogen-bond donors (Lipinski definition) is 2. The second-order valence-corrected chi connectivity index (χ2v) is 9.43. The van der Waals surface area contributed by atoms with E-state index in [0.717, 1.165) is 29.5 Å². The molecule has 1 fully saturated rings. The van der Waals surface area contributed by atoms with E-state index in [0.29, 0.717) is 30.3 Å². The van der Waals surface area contributed by atoms with Crippen molar-refractivity contribution in [1.82, 2.24) is 4.90 Å². The molecule has 186 valence electrons. The molecule has 0 bridgehead atoms. The Morgan fingerprint density at radius 2 is 1.79 bits per heavy atom. The Morgan fingerprint density at radius 1 is 1.09 bits per heavy atom. The van der Waals surface area contributed by atoms with E-state index in [1.165, 1.54) is 25.7 Å². The Kier molecular flexibility index (Phi) is 11.4. The van der Waals surface area contributed by atoms with Crippen LogP contribution in [0, 0.1) is 0 Å². The molecule has 1 atom stereocenters. The zero-order valence-corrected chi connectivity index (χ0v) is 21.1. The summed E-state index contributed by atoms with van der Waals surface area (Å²) in [5.41, 5.74) is 0.654. The lowest BCUT2D eigenvalue weighted by molar-refractivity contribution is -0.150. The van der Waals surface area contributed by atoms with Gasteiger partial charge in [0, 0.05) is 0 Å². The molecular weight excluding hydrogens is 478 g/mol. The number of nitrogens with zero attached hydrogens (tertiary/aromatic N) is 1. The van der Waals surface area contributed by atoms with Crippen molar-refractivity contribution >= 4 is 52.2 Å². The van der Waals surface area contributed by atoms with Crippen LogP contribution >= 0.6 is 24.0 Å². The summed E-state index contributed by atoms with van der Waals surface area (Å²) in [7, 11) is 0. The van der Waals surface area contributed by atoms with Gasteiger partial charge in [0.25, 0.3) is 5.91 Å². The molecule has 0 aromatic heterocycles. The minimum Gasteiger partial charge on any atom is -0.490 e. The topological polar surface area (TPSA) is 113 Å². The predicted molar refractivity (Wildman–Crippen MR) is 135 cm³/mol. The molecule has 0 spiro atoms. The SMILES string of the molecule is CCCCCCCCOc1ccc(/C=C2/SC(=S)N([C@@H](CC(=O)O)C(=O)O)C2=O)cc1OCC. The lowest BCUT2D eigenvalue weighted by Crippen LogP contribution is -2.45. The monoisotopic (exact) mass is 509 g/mol. The van der Waals surface area contributed by atoms with Crippen molar-refractivity contribution < 1.29 is 34.1 Å². The minimum absolute atomic E-state index is 0.00817. The molecule has 0 saturated carbocycles. The zero-order valence-electron chi connectivity index (χ0n) is 19.5. The van der Waals surface area contributed by atoms with Gasteiger partial charge in [-0.3, -0.25) is 14.5 Å². The highest BCUT2D eigenvalue weighted by molar-refractivity contribution is 8.26. The zero-order chi connectivity index (χ0) is 25.1. The molecule has 2 N–H and O–H groups in total. The average Bonchev–Trinajstić information content (AvgIpc) is 3.05. The highest BCUT2D eigenvalue weighted by atomic mass is 32.2. The van der Waals surface area contributed by atoms with Crippen molar-refractivity contribution in [3.63, 3.8) is 0 Å². The number of carboxylic acids is 2. The molecule has 34 heavy (non-hydrogen) atoms. The summed E-state index contributed by atoms with van der Waals surface area (Å²) >= 11 is 6.10. The smallest absolute Gasteiger partial charge is 0.327 e. The Balaban J connectivity index is 2.11. The molecule has 1 heterocycles. The van der Waals surface area contributed by atoms with Crippen LogP contribution in [0.25, 0.3) is 6.08 Å². The van der Waals surface area contributed by atoms with Crippen LogP contribution in [0.4, 0.5) is 0 Å². The van der Waals surface area contributed by atoms with Crippen LogP contribution in [0.3, 0.4) is 0 Å². The van der Waals surface area contributed by atoms with Crippen LogP contribution in [-0.4, -0.2) is 56.5 Å². The first-order valence-corrected chi connectivity index (χ1v) is 12.6. The first-order valence-electron chi connectivity index (χ1n) is 11.4. The van der Waals surface area contributed by atoms with E-state index in [-0.39, 0.29) is 9.23 Å². The molecule has 1 saturated heterocycles. The number of thioether (sulfide) groups is 1. The van der Waals surface area contributed by atoms with E-state index < -0.39 is 30.3 Å². The van der Waals surface area contributed by atoms with Gasteiger partial charge in [0.05, 0.1) is 24.5 Å². The first-order chi connectivity index (χ1) is 16.3. The quantitative estimate of drug-likeness (QED) is 0.192. The van der Waals surface area contributed by atoms with Gasteiger partial charge in [-0.2, -0.15) is 0 Å². The largest absolute Gasteiger partial charge is 0.490 e. The maximum absolute atomic E-state index is 12.8. The van der Waals surface area contributed by atoms with Crippen LogP contribution in [0.5, 0.6) is 11.5 Å². The highest BCUT2D eigenvalue weighted by Gasteiger charge is 2.41. The Labute approximate surface area is 209 Å². The Hall–Kier alpha value is -2.59. The summed E-state index contributed by atoms with van der Waals surface area (Å²) in [6, 6.07) is 3.74. The van der Waals surface area contributed by atoms with E-state index in [9.17, 15) is 19.5 Å². The number of rotatable bonds is 15. The summed E-state index contributed by atoms with van der Waals surface area (Å²) in [6.45, 7) is 5.08. The van der Waals surface area contributed by atoms with Gasteiger partial charge in [-0.1, -0.05) is 69.1 Å². The van der Waals surface area contributed by atoms with Crippen molar-refractivity contribution in [3.05, 3.63) is 28.7 Å². The molecule has 1 amide bonds. The molecule has 1 aromatic carbocycles. The summed E-state index contributed by atoms with van der Waals surface area (Å²) in [6.07, 6.45) is 7.82. The first kappa shape index (κ1) is 27.7. The minimum atomic E-state index is -1.56. The number of carbonyl (C=O) groups is 3. The third-order valence-electron chi connectivity index (χ3n) is 5.11. The summed E-state index contributed by atoms with van der Waals surface area (Å²) in [5, 5.41) is 18.4. The van der Waals surface area contributed by atoms with Gasteiger partial charge in [-0.05, 0) is 37.1 Å². The van der Waals surface area contributed by atoms with Crippen LogP contribution in [0.15, 0.2) is 23.1 Å². The molecule has 1 aliphatic rings. The van der Waals surface area contributed by atoms with Crippen molar-refractivity contribution in [1.29, 1.82) is 0 Å². The summed E-state index contributed by atoms with van der Waals surface area (Å²) in [4.78, 5) is 36.5. The number of carbonyl (C=O) groups excluding carboxylic acids is 1. The summed E-state index contributed by atoms with van der Waals surface area (Å²) in [5.74, 6) is -2.22. The number of hydrogen-bond acceptors (Lipinski definition) is 7. The number of thiocarbonyl (C=S) groups is 1. The molecule has 0 radical (unpaired) electrons. The van der Waals surface area contributed by atoms with Gasteiger partial charge >= 0.3 is 11.9 Å². The Bertz CT molecular complexity index is 932. The van der Waals surface area contributed by atoms with Crippen LogP contribution in [-0.2, 0) is 14.4 Å². The molecule has 0 unspecified atom stereocenters. The Morgan fingerprint density at radius 3 is 2.44 bits per heavy atom. The van der Waals surface area contributed by atoms with E-state index >= 15 is 0 Å². The van der Waals surface area contributed by atoms with Gasteiger partial charge in [0.15, 0.2) is 11.5 Å². The van der Waals surface area contributed by atoms with Crippen molar-refractivity contribution in [2.24, 2.45) is 0 Å². The van der Waals surface area contributed by atoms with Crippen LogP contribution in [0.1, 0.15) is 64.4 Å². The maximum Gasteiger partial charge on any atom is 0.327 e. The lowest BCUT2D eigenvalue weighted by atomic mass is 10.1. The van der Waals surface area contributed by atoms with Crippen molar-refractivity contribution in [2.75, 3.05) is 13.2 Å². The maximum atomic E-state index is 12.8. The fourth-order valence-electron chi connectivity index (χ4n) is 3.42. The number of aliphatic carboxylic acids is 2. The third kappa shape index (κ3) is 8.02. The van der Waals surface area contributed by atoms with Crippen molar-refractivity contribution in [3.8, 4) is 11.5 Å². The fourth-order valence-corrected chi connectivity index (χ4v) is 4.78. The highest BCUT2D eigenvalue weighted by Crippen LogP contribution is 2.36. The van der Waals surface area contributed by atoms with E-state index in [1.807, 2.05) is 6.92 Å². The number of amides is 1.